The molecule has 4 rings (SSSR count). The Bertz CT molecular complexity index is 1010. The minimum absolute atomic E-state index is 0.0223. The molecule has 0 saturated heterocycles. The Labute approximate surface area is 193 Å². The van der Waals surface area contributed by atoms with Crippen LogP contribution in [0.4, 0.5) is 13.2 Å². The Morgan fingerprint density at radius 3 is 2.39 bits per heavy atom. The second kappa shape index (κ2) is 10.1. The molecule has 4 atom stereocenters. The minimum Gasteiger partial charge on any atom is -0.423 e. The molecular weight excluding hydrogens is 425 g/mol. The first-order valence-electron chi connectivity index (χ1n) is 11.9. The standard InChI is InChI=1S/C28H31F3O2/c1-3-4-5-18-6-7-20-13-21(9-8-19(20)12-18)24-11-10-22(14-27(24)31)28(32)33-23-15-25(29)17(2)26(30)16-23/h3,10-11,14-16,18-21H,1,4-9,12-13H2,2H3. The zero-order chi connectivity index (χ0) is 23.5. The average Bonchev–Trinajstić information content (AvgIpc) is 2.80. The van der Waals surface area contributed by atoms with Crippen molar-refractivity contribution >= 4 is 5.97 Å². The first kappa shape index (κ1) is 23.6. The predicted octanol–water partition coefficient (Wildman–Crippen LogP) is 7.90. The van der Waals surface area contributed by atoms with Crippen molar-refractivity contribution in [2.75, 3.05) is 0 Å². The highest BCUT2D eigenvalue weighted by molar-refractivity contribution is 5.91. The number of esters is 1. The summed E-state index contributed by atoms with van der Waals surface area (Å²) in [5.74, 6) is -0.795. The lowest BCUT2D eigenvalue weighted by Gasteiger charge is -2.42. The Hall–Kier alpha value is -2.56. The van der Waals surface area contributed by atoms with Crippen molar-refractivity contribution in [1.82, 2.24) is 0 Å². The Balaban J connectivity index is 1.40. The van der Waals surface area contributed by atoms with Crippen molar-refractivity contribution in [3.05, 3.63) is 77.1 Å². The molecule has 0 amide bonds. The van der Waals surface area contributed by atoms with Crippen LogP contribution in [-0.2, 0) is 0 Å². The van der Waals surface area contributed by atoms with Crippen molar-refractivity contribution in [2.45, 2.75) is 64.2 Å². The molecule has 2 aliphatic carbocycles. The molecule has 0 bridgehead atoms. The Morgan fingerprint density at radius 1 is 1.00 bits per heavy atom. The summed E-state index contributed by atoms with van der Waals surface area (Å²) in [6, 6.07) is 6.29. The molecular formula is C28H31F3O2. The number of ether oxygens (including phenoxy) is 1. The Kier molecular flexibility index (Phi) is 7.26. The van der Waals surface area contributed by atoms with Gasteiger partial charge in [-0.3, -0.25) is 0 Å². The molecule has 2 saturated carbocycles. The van der Waals surface area contributed by atoms with Crippen LogP contribution >= 0.6 is 0 Å². The van der Waals surface area contributed by atoms with Crippen molar-refractivity contribution in [3.63, 3.8) is 0 Å². The summed E-state index contributed by atoms with van der Waals surface area (Å²) in [5, 5.41) is 0. The summed E-state index contributed by atoms with van der Waals surface area (Å²) < 4.78 is 47.5. The fourth-order valence-corrected chi connectivity index (χ4v) is 5.72. The van der Waals surface area contributed by atoms with Gasteiger partial charge in [-0.25, -0.2) is 18.0 Å². The van der Waals surface area contributed by atoms with Gasteiger partial charge in [0.2, 0.25) is 0 Å². The number of carbonyl (C=O) groups excluding carboxylic acids is 1. The third kappa shape index (κ3) is 5.34. The van der Waals surface area contributed by atoms with Crippen LogP contribution < -0.4 is 4.74 Å². The number of carbonyl (C=O) groups is 1. The summed E-state index contributed by atoms with van der Waals surface area (Å²) in [4.78, 5) is 12.4. The predicted molar refractivity (Wildman–Crippen MR) is 123 cm³/mol. The maximum absolute atomic E-state index is 15.0. The summed E-state index contributed by atoms with van der Waals surface area (Å²) in [7, 11) is 0. The van der Waals surface area contributed by atoms with Gasteiger partial charge in [0.05, 0.1) is 5.56 Å². The van der Waals surface area contributed by atoms with Crippen molar-refractivity contribution < 1.29 is 22.7 Å². The van der Waals surface area contributed by atoms with Crippen LogP contribution in [0.3, 0.4) is 0 Å². The lowest BCUT2D eigenvalue weighted by Crippen LogP contribution is -2.30. The minimum atomic E-state index is -0.843. The molecule has 0 aliphatic heterocycles. The van der Waals surface area contributed by atoms with Crippen LogP contribution in [0.1, 0.15) is 78.8 Å². The first-order valence-corrected chi connectivity index (χ1v) is 11.9. The maximum atomic E-state index is 15.0. The Morgan fingerprint density at radius 2 is 1.70 bits per heavy atom. The van der Waals surface area contributed by atoms with Crippen LogP contribution in [0.25, 0.3) is 0 Å². The molecule has 0 heterocycles. The van der Waals surface area contributed by atoms with Gasteiger partial charge < -0.3 is 4.74 Å². The summed E-state index contributed by atoms with van der Waals surface area (Å²) >= 11 is 0. The van der Waals surface area contributed by atoms with Gasteiger partial charge >= 0.3 is 5.97 Å². The summed E-state index contributed by atoms with van der Waals surface area (Å²) in [6.45, 7) is 5.13. The second-order valence-corrected chi connectivity index (χ2v) is 9.71. The maximum Gasteiger partial charge on any atom is 0.343 e. The number of halogens is 3. The molecule has 2 nitrogen and oxygen atoms in total. The lowest BCUT2D eigenvalue weighted by atomic mass is 9.63. The van der Waals surface area contributed by atoms with Gasteiger partial charge in [-0.15, -0.1) is 6.58 Å². The molecule has 2 aliphatic rings. The topological polar surface area (TPSA) is 26.3 Å². The number of hydrogen-bond acceptors (Lipinski definition) is 2. The summed E-state index contributed by atoms with van der Waals surface area (Å²) in [5.41, 5.74) is 0.519. The van der Waals surface area contributed by atoms with E-state index in [1.807, 2.05) is 6.08 Å². The van der Waals surface area contributed by atoms with E-state index in [-0.39, 0.29) is 22.8 Å². The monoisotopic (exact) mass is 456 g/mol. The SMILES string of the molecule is C=CCCC1CCC2CC(c3ccc(C(=O)Oc4cc(F)c(C)c(F)c4)cc3F)CCC2C1. The smallest absolute Gasteiger partial charge is 0.343 e. The van der Waals surface area contributed by atoms with E-state index in [9.17, 15) is 13.6 Å². The molecule has 0 radical (unpaired) electrons. The second-order valence-electron chi connectivity index (χ2n) is 9.71. The van der Waals surface area contributed by atoms with Crippen LogP contribution in [-0.4, -0.2) is 5.97 Å². The molecule has 2 aromatic rings. The van der Waals surface area contributed by atoms with Gasteiger partial charge in [0.25, 0.3) is 0 Å². The fraction of sp³-hybridized carbons (Fsp3) is 0.464. The molecule has 33 heavy (non-hydrogen) atoms. The van der Waals surface area contributed by atoms with Crippen molar-refractivity contribution in [3.8, 4) is 5.75 Å². The van der Waals surface area contributed by atoms with E-state index in [2.05, 4.69) is 6.58 Å². The number of rotatable bonds is 6. The molecule has 0 aromatic heterocycles. The van der Waals surface area contributed by atoms with Crippen LogP contribution in [0.15, 0.2) is 43.0 Å². The van der Waals surface area contributed by atoms with E-state index < -0.39 is 23.4 Å². The lowest BCUT2D eigenvalue weighted by molar-refractivity contribution is 0.0733. The largest absolute Gasteiger partial charge is 0.423 e. The van der Waals surface area contributed by atoms with Crippen LogP contribution in [0.5, 0.6) is 5.75 Å². The van der Waals surface area contributed by atoms with Gasteiger partial charge in [0, 0.05) is 17.7 Å². The molecule has 2 fully saturated rings. The quantitative estimate of drug-likeness (QED) is 0.251. The number of fused-ring (bicyclic) bond motifs is 1. The highest BCUT2D eigenvalue weighted by Crippen LogP contribution is 2.48. The number of hydrogen-bond donors (Lipinski definition) is 0. The van der Waals surface area contributed by atoms with E-state index in [1.165, 1.54) is 38.7 Å². The first-order chi connectivity index (χ1) is 15.9. The van der Waals surface area contributed by atoms with E-state index >= 15 is 4.39 Å². The van der Waals surface area contributed by atoms with Crippen molar-refractivity contribution in [1.29, 1.82) is 0 Å². The third-order valence-corrected chi connectivity index (χ3v) is 7.64. The molecule has 0 spiro atoms. The van der Waals surface area contributed by atoms with Gasteiger partial charge in [-0.1, -0.05) is 18.6 Å². The van der Waals surface area contributed by atoms with Crippen molar-refractivity contribution in [2.24, 2.45) is 17.8 Å². The highest BCUT2D eigenvalue weighted by Gasteiger charge is 2.36. The van der Waals surface area contributed by atoms with Crippen LogP contribution in [0.2, 0.25) is 0 Å². The zero-order valence-corrected chi connectivity index (χ0v) is 19.1. The molecule has 0 N–H and O–H groups in total. The molecule has 176 valence electrons. The molecule has 5 heteroatoms. The molecule has 2 aromatic carbocycles. The number of allylic oxidation sites excluding steroid dienone is 1. The van der Waals surface area contributed by atoms with Gasteiger partial charge in [0.1, 0.15) is 23.2 Å². The van der Waals surface area contributed by atoms with E-state index in [4.69, 9.17) is 4.74 Å². The van der Waals surface area contributed by atoms with Gasteiger partial charge in [-0.2, -0.15) is 0 Å². The van der Waals surface area contributed by atoms with Gasteiger partial charge in [0.15, 0.2) is 0 Å². The number of benzene rings is 2. The summed E-state index contributed by atoms with van der Waals surface area (Å²) in [6.07, 6.45) is 11.1. The average molecular weight is 457 g/mol. The van der Waals surface area contributed by atoms with E-state index in [1.54, 1.807) is 12.1 Å². The van der Waals surface area contributed by atoms with E-state index in [0.717, 1.165) is 49.7 Å². The third-order valence-electron chi connectivity index (χ3n) is 7.64. The highest BCUT2D eigenvalue weighted by atomic mass is 19.1. The molecule has 4 unspecified atom stereocenters. The van der Waals surface area contributed by atoms with Crippen LogP contribution in [0, 0.1) is 42.1 Å². The van der Waals surface area contributed by atoms with Gasteiger partial charge in [-0.05, 0) is 93.2 Å². The normalized spacial score (nSPS) is 24.7. The fourth-order valence-electron chi connectivity index (χ4n) is 5.72. The zero-order valence-electron chi connectivity index (χ0n) is 19.1. The van der Waals surface area contributed by atoms with E-state index in [0.29, 0.717) is 11.5 Å².